The van der Waals surface area contributed by atoms with Gasteiger partial charge >= 0.3 is 0 Å². The average Bonchev–Trinajstić information content (AvgIpc) is 2.58. The number of amides is 3. The van der Waals surface area contributed by atoms with Crippen molar-refractivity contribution in [3.63, 3.8) is 0 Å². The Morgan fingerprint density at radius 2 is 1.76 bits per heavy atom. The van der Waals surface area contributed by atoms with Crippen LogP contribution in [0.5, 0.6) is 0 Å². The summed E-state index contributed by atoms with van der Waals surface area (Å²) in [5.41, 5.74) is -0.439. The zero-order valence-electron chi connectivity index (χ0n) is 16.6. The number of carbonyl (C=O) groups is 3. The standard InChI is InChI=1S/C19H35N3O3/c1-6-7-12-21(5)17(24)15-9-13-22(14-10-15)16(23)8-11-20-18(25)19(2,3)4/h15H,6-14H2,1-5H3,(H,20,25). The van der Waals surface area contributed by atoms with Crippen molar-refractivity contribution >= 4 is 17.7 Å². The molecule has 25 heavy (non-hydrogen) atoms. The Labute approximate surface area is 152 Å². The number of nitrogens with zero attached hydrogens (tertiary/aromatic N) is 2. The highest BCUT2D eigenvalue weighted by atomic mass is 16.2. The highest BCUT2D eigenvalue weighted by Crippen LogP contribution is 2.20. The van der Waals surface area contributed by atoms with E-state index in [0.717, 1.165) is 32.2 Å². The van der Waals surface area contributed by atoms with Crippen LogP contribution in [0.4, 0.5) is 0 Å². The topological polar surface area (TPSA) is 69.7 Å². The monoisotopic (exact) mass is 353 g/mol. The first-order valence-corrected chi connectivity index (χ1v) is 9.47. The van der Waals surface area contributed by atoms with Gasteiger partial charge in [0.2, 0.25) is 17.7 Å². The number of hydrogen-bond acceptors (Lipinski definition) is 3. The molecular weight excluding hydrogens is 318 g/mol. The number of unbranched alkanes of at least 4 members (excludes halogenated alkanes) is 1. The lowest BCUT2D eigenvalue weighted by Gasteiger charge is -2.33. The van der Waals surface area contributed by atoms with Gasteiger partial charge in [0, 0.05) is 51.0 Å². The Morgan fingerprint density at radius 1 is 1.16 bits per heavy atom. The van der Waals surface area contributed by atoms with Gasteiger partial charge in [0.1, 0.15) is 0 Å². The summed E-state index contributed by atoms with van der Waals surface area (Å²) >= 11 is 0. The Morgan fingerprint density at radius 3 is 2.28 bits per heavy atom. The number of rotatable bonds is 7. The Kier molecular flexibility index (Phi) is 8.39. The molecule has 0 radical (unpaired) electrons. The van der Waals surface area contributed by atoms with Crippen molar-refractivity contribution in [3.05, 3.63) is 0 Å². The highest BCUT2D eigenvalue weighted by Gasteiger charge is 2.29. The van der Waals surface area contributed by atoms with Crippen LogP contribution in [0.25, 0.3) is 0 Å². The molecule has 1 N–H and O–H groups in total. The summed E-state index contributed by atoms with van der Waals surface area (Å²) in [6, 6.07) is 0. The smallest absolute Gasteiger partial charge is 0.225 e. The molecule has 3 amide bonds. The van der Waals surface area contributed by atoms with E-state index in [1.54, 1.807) is 0 Å². The minimum Gasteiger partial charge on any atom is -0.355 e. The van der Waals surface area contributed by atoms with Crippen LogP contribution in [0.15, 0.2) is 0 Å². The van der Waals surface area contributed by atoms with E-state index >= 15 is 0 Å². The molecule has 0 spiro atoms. The lowest BCUT2D eigenvalue weighted by Crippen LogP contribution is -2.44. The number of piperidine rings is 1. The van der Waals surface area contributed by atoms with Gasteiger partial charge in [-0.1, -0.05) is 34.1 Å². The normalized spacial score (nSPS) is 15.8. The summed E-state index contributed by atoms with van der Waals surface area (Å²) in [4.78, 5) is 40.1. The highest BCUT2D eigenvalue weighted by molar-refractivity contribution is 5.83. The first-order valence-electron chi connectivity index (χ1n) is 9.47. The molecule has 0 saturated carbocycles. The molecule has 1 rings (SSSR count). The molecule has 0 aromatic rings. The SMILES string of the molecule is CCCCN(C)C(=O)C1CCN(C(=O)CCNC(=O)C(C)(C)C)CC1. The molecule has 6 nitrogen and oxygen atoms in total. The maximum atomic E-state index is 12.4. The predicted molar refractivity (Wildman–Crippen MR) is 98.9 cm³/mol. The molecule has 0 bridgehead atoms. The molecule has 0 aliphatic carbocycles. The summed E-state index contributed by atoms with van der Waals surface area (Å²) in [6.45, 7) is 10.1. The molecular formula is C19H35N3O3. The predicted octanol–water partition coefficient (Wildman–Crippen LogP) is 2.04. The van der Waals surface area contributed by atoms with E-state index < -0.39 is 5.41 Å². The van der Waals surface area contributed by atoms with E-state index in [1.165, 1.54) is 0 Å². The summed E-state index contributed by atoms with van der Waals surface area (Å²) in [6.07, 6.45) is 3.89. The molecule has 0 aromatic heterocycles. The number of likely N-dealkylation sites (tertiary alicyclic amines) is 1. The lowest BCUT2D eigenvalue weighted by molar-refractivity contribution is -0.140. The molecule has 1 fully saturated rings. The van der Waals surface area contributed by atoms with Gasteiger partial charge in [-0.25, -0.2) is 0 Å². The van der Waals surface area contributed by atoms with Crippen LogP contribution >= 0.6 is 0 Å². The molecule has 0 atom stereocenters. The van der Waals surface area contributed by atoms with Gasteiger partial charge in [-0.2, -0.15) is 0 Å². The number of nitrogens with one attached hydrogen (secondary N) is 1. The van der Waals surface area contributed by atoms with E-state index in [2.05, 4.69) is 12.2 Å². The molecule has 1 saturated heterocycles. The molecule has 1 aliphatic heterocycles. The maximum absolute atomic E-state index is 12.4. The third kappa shape index (κ3) is 7.04. The quantitative estimate of drug-likeness (QED) is 0.761. The van der Waals surface area contributed by atoms with Crippen LogP contribution in [-0.2, 0) is 14.4 Å². The van der Waals surface area contributed by atoms with Crippen LogP contribution in [0, 0.1) is 11.3 Å². The van der Waals surface area contributed by atoms with Gasteiger partial charge in [-0.3, -0.25) is 14.4 Å². The summed E-state index contributed by atoms with van der Waals surface area (Å²) < 4.78 is 0. The van der Waals surface area contributed by atoms with Crippen LogP contribution in [0.3, 0.4) is 0 Å². The molecule has 0 unspecified atom stereocenters. The zero-order valence-corrected chi connectivity index (χ0v) is 16.6. The van der Waals surface area contributed by atoms with Gasteiger partial charge < -0.3 is 15.1 Å². The van der Waals surface area contributed by atoms with Gasteiger partial charge in [0.25, 0.3) is 0 Å². The minimum absolute atomic E-state index is 0.0338. The average molecular weight is 354 g/mol. The fourth-order valence-electron chi connectivity index (χ4n) is 2.90. The fraction of sp³-hybridized carbons (Fsp3) is 0.842. The maximum Gasteiger partial charge on any atom is 0.225 e. The molecule has 6 heteroatoms. The Bertz CT molecular complexity index is 463. The fourth-order valence-corrected chi connectivity index (χ4v) is 2.90. The van der Waals surface area contributed by atoms with Crippen LogP contribution in [0.2, 0.25) is 0 Å². The van der Waals surface area contributed by atoms with E-state index in [0.29, 0.717) is 26.1 Å². The second kappa shape index (κ2) is 9.78. The summed E-state index contributed by atoms with van der Waals surface area (Å²) in [7, 11) is 1.87. The van der Waals surface area contributed by atoms with Crippen molar-refractivity contribution in [2.75, 3.05) is 33.2 Å². The zero-order chi connectivity index (χ0) is 19.0. The van der Waals surface area contributed by atoms with Gasteiger partial charge in [0.05, 0.1) is 0 Å². The van der Waals surface area contributed by atoms with E-state index in [9.17, 15) is 14.4 Å². The van der Waals surface area contributed by atoms with Crippen LogP contribution in [0.1, 0.15) is 59.8 Å². The lowest BCUT2D eigenvalue weighted by atomic mass is 9.95. The van der Waals surface area contributed by atoms with Gasteiger partial charge in [-0.15, -0.1) is 0 Å². The second-order valence-electron chi connectivity index (χ2n) is 8.02. The van der Waals surface area contributed by atoms with Crippen molar-refractivity contribution in [2.45, 2.75) is 59.8 Å². The van der Waals surface area contributed by atoms with Crippen molar-refractivity contribution in [3.8, 4) is 0 Å². The second-order valence-corrected chi connectivity index (χ2v) is 8.02. The van der Waals surface area contributed by atoms with Gasteiger partial charge in [-0.05, 0) is 19.3 Å². The number of hydrogen-bond donors (Lipinski definition) is 1. The number of carbonyl (C=O) groups excluding carboxylic acids is 3. The first-order chi connectivity index (χ1) is 11.7. The van der Waals surface area contributed by atoms with E-state index in [1.807, 2.05) is 37.6 Å². The van der Waals surface area contributed by atoms with Crippen LogP contribution < -0.4 is 5.32 Å². The summed E-state index contributed by atoms with van der Waals surface area (Å²) in [5, 5.41) is 2.81. The van der Waals surface area contributed by atoms with Crippen molar-refractivity contribution in [1.82, 2.24) is 15.1 Å². The molecule has 1 aliphatic rings. The minimum atomic E-state index is -0.439. The van der Waals surface area contributed by atoms with Crippen molar-refractivity contribution in [1.29, 1.82) is 0 Å². The largest absolute Gasteiger partial charge is 0.355 e. The van der Waals surface area contributed by atoms with Crippen LogP contribution in [-0.4, -0.2) is 60.7 Å². The third-order valence-corrected chi connectivity index (χ3v) is 4.73. The summed E-state index contributed by atoms with van der Waals surface area (Å²) in [5.74, 6) is 0.253. The van der Waals surface area contributed by atoms with Gasteiger partial charge in [0.15, 0.2) is 0 Å². The Balaban J connectivity index is 2.32. The molecule has 144 valence electrons. The first kappa shape index (κ1) is 21.5. The van der Waals surface area contributed by atoms with E-state index in [4.69, 9.17) is 0 Å². The molecule has 0 aromatic carbocycles. The van der Waals surface area contributed by atoms with Crippen molar-refractivity contribution < 1.29 is 14.4 Å². The van der Waals surface area contributed by atoms with E-state index in [-0.39, 0.29) is 23.6 Å². The Hall–Kier alpha value is -1.59. The van der Waals surface area contributed by atoms with Crippen molar-refractivity contribution in [2.24, 2.45) is 11.3 Å². The third-order valence-electron chi connectivity index (χ3n) is 4.73. The molecule has 1 heterocycles.